The fourth-order valence-electron chi connectivity index (χ4n) is 3.82. The van der Waals surface area contributed by atoms with Gasteiger partial charge in [0.15, 0.2) is 0 Å². The number of benzene rings is 2. The maximum Gasteiger partial charge on any atom is 0.246 e. The summed E-state index contributed by atoms with van der Waals surface area (Å²) in [7, 11) is 3.15. The van der Waals surface area contributed by atoms with Crippen molar-refractivity contribution in [1.29, 1.82) is 0 Å². The number of alkyl halides is 2. The van der Waals surface area contributed by atoms with Crippen LogP contribution in [0.25, 0.3) is 0 Å². The topological polar surface area (TPSA) is 59.1 Å². The molecule has 2 rings (SSSR count). The van der Waals surface area contributed by atoms with Gasteiger partial charge in [0.25, 0.3) is 0 Å². The van der Waals surface area contributed by atoms with Gasteiger partial charge in [0.1, 0.15) is 24.7 Å². The Balaban J connectivity index is 0.000000360. The lowest BCUT2D eigenvalue weighted by molar-refractivity contribution is -0.119. The van der Waals surface area contributed by atoms with E-state index in [1.165, 1.54) is 0 Å². The van der Waals surface area contributed by atoms with E-state index in [1.807, 2.05) is 49.4 Å². The van der Waals surface area contributed by atoms with Crippen LogP contribution in [0.1, 0.15) is 50.8 Å². The first-order chi connectivity index (χ1) is 17.3. The van der Waals surface area contributed by atoms with Gasteiger partial charge in [0.05, 0.1) is 5.69 Å². The van der Waals surface area contributed by atoms with E-state index in [-0.39, 0.29) is 31.2 Å². The number of carbonyl (C=O) groups is 2. The van der Waals surface area contributed by atoms with Gasteiger partial charge in [-0.05, 0) is 48.4 Å². The molecule has 0 heterocycles. The predicted octanol–water partition coefficient (Wildman–Crippen LogP) is 6.19. The third-order valence-electron chi connectivity index (χ3n) is 5.72. The predicted molar refractivity (Wildman–Crippen MR) is 150 cm³/mol. The van der Waals surface area contributed by atoms with E-state index in [0.717, 1.165) is 47.3 Å². The van der Waals surface area contributed by atoms with Crippen molar-refractivity contribution in [2.75, 3.05) is 43.4 Å². The average molecular weight is 540 g/mol. The SMILES string of the molecule is CCc1cccc(CC)c1N(COC)C(=O)CCl.CCc1ccccc1N(COC)C(=O)C(Cl)CC. The van der Waals surface area contributed by atoms with Crippen molar-refractivity contribution in [3.63, 3.8) is 0 Å². The first kappa shape index (κ1) is 31.9. The zero-order chi connectivity index (χ0) is 27.1. The van der Waals surface area contributed by atoms with Crippen molar-refractivity contribution >= 4 is 46.4 Å². The van der Waals surface area contributed by atoms with E-state index < -0.39 is 5.38 Å². The molecule has 0 aliphatic carbocycles. The molecule has 0 aliphatic heterocycles. The Morgan fingerprint density at radius 2 is 1.31 bits per heavy atom. The Bertz CT molecular complexity index is 933. The average Bonchev–Trinajstić information content (AvgIpc) is 2.93. The second kappa shape index (κ2) is 17.4. The number of rotatable bonds is 12. The van der Waals surface area contributed by atoms with Crippen LogP contribution in [0.15, 0.2) is 42.5 Å². The summed E-state index contributed by atoms with van der Waals surface area (Å²) in [5, 5.41) is -0.509. The van der Waals surface area contributed by atoms with E-state index >= 15 is 0 Å². The first-order valence-electron chi connectivity index (χ1n) is 12.3. The lowest BCUT2D eigenvalue weighted by atomic mass is 10.0. The highest BCUT2D eigenvalue weighted by Gasteiger charge is 2.23. The lowest BCUT2D eigenvalue weighted by Crippen LogP contribution is -2.38. The Morgan fingerprint density at radius 3 is 1.78 bits per heavy atom. The minimum absolute atomic E-state index is 0.0371. The number of amides is 2. The summed E-state index contributed by atoms with van der Waals surface area (Å²) >= 11 is 11.7. The van der Waals surface area contributed by atoms with Gasteiger partial charge in [-0.15, -0.1) is 23.2 Å². The lowest BCUT2D eigenvalue weighted by Gasteiger charge is -2.26. The van der Waals surface area contributed by atoms with Crippen molar-refractivity contribution in [3.8, 4) is 0 Å². The number of hydrogen-bond donors (Lipinski definition) is 0. The number of anilines is 2. The van der Waals surface area contributed by atoms with Crippen LogP contribution in [0.3, 0.4) is 0 Å². The van der Waals surface area contributed by atoms with Crippen molar-refractivity contribution in [3.05, 3.63) is 59.2 Å². The van der Waals surface area contributed by atoms with Crippen LogP contribution in [0.2, 0.25) is 0 Å². The number of aryl methyl sites for hydroxylation is 3. The van der Waals surface area contributed by atoms with E-state index in [4.69, 9.17) is 32.7 Å². The molecule has 1 unspecified atom stereocenters. The smallest absolute Gasteiger partial charge is 0.246 e. The third kappa shape index (κ3) is 8.77. The van der Waals surface area contributed by atoms with Gasteiger partial charge < -0.3 is 9.47 Å². The molecule has 0 bridgehead atoms. The highest BCUT2D eigenvalue weighted by atomic mass is 35.5. The summed E-state index contributed by atoms with van der Waals surface area (Å²) in [4.78, 5) is 27.4. The van der Waals surface area contributed by atoms with Crippen LogP contribution in [-0.4, -0.2) is 50.8 Å². The molecule has 36 heavy (non-hydrogen) atoms. The number of nitrogens with zero attached hydrogens (tertiary/aromatic N) is 2. The van der Waals surface area contributed by atoms with Gasteiger partial charge >= 0.3 is 0 Å². The third-order valence-corrected chi connectivity index (χ3v) is 6.45. The number of carbonyl (C=O) groups excluding carboxylic acids is 2. The monoisotopic (exact) mass is 538 g/mol. The summed E-state index contributed by atoms with van der Waals surface area (Å²) in [5.41, 5.74) is 5.23. The zero-order valence-corrected chi connectivity index (χ0v) is 23.9. The Labute approximate surface area is 226 Å². The maximum absolute atomic E-state index is 12.2. The molecule has 0 aromatic heterocycles. The summed E-state index contributed by atoms with van der Waals surface area (Å²) in [6.07, 6.45) is 3.22. The van der Waals surface area contributed by atoms with E-state index in [2.05, 4.69) is 20.8 Å². The standard InChI is InChI=1S/2C14H20ClNO2/c1-4-11-7-6-8-12(5-2)14(11)16(10-18-3)13(17)9-15;1-4-11-8-6-7-9-13(11)16(10-18-3)14(17)12(15)5-2/h6-8H,4-5,9-10H2,1-3H3;6-9,12H,4-5,10H2,1-3H3. The Hall–Kier alpha value is -2.12. The van der Waals surface area contributed by atoms with E-state index in [1.54, 1.807) is 24.0 Å². The van der Waals surface area contributed by atoms with Crippen molar-refractivity contribution < 1.29 is 19.1 Å². The molecule has 0 radical (unpaired) electrons. The molecule has 200 valence electrons. The molecule has 0 fully saturated rings. The van der Waals surface area contributed by atoms with E-state index in [0.29, 0.717) is 6.42 Å². The Kier molecular flexibility index (Phi) is 15.4. The zero-order valence-electron chi connectivity index (χ0n) is 22.4. The largest absolute Gasteiger partial charge is 0.364 e. The van der Waals surface area contributed by atoms with Gasteiger partial charge in [-0.25, -0.2) is 0 Å². The molecule has 2 aromatic carbocycles. The fraction of sp³-hybridized carbons (Fsp3) is 0.500. The second-order valence-corrected chi connectivity index (χ2v) is 8.84. The number of ether oxygens (including phenoxy) is 2. The highest BCUT2D eigenvalue weighted by molar-refractivity contribution is 6.32. The summed E-state index contributed by atoms with van der Waals surface area (Å²) < 4.78 is 10.2. The molecular weight excluding hydrogens is 499 g/mol. The summed E-state index contributed by atoms with van der Waals surface area (Å²) in [6.45, 7) is 8.57. The molecule has 2 amide bonds. The van der Waals surface area contributed by atoms with E-state index in [9.17, 15) is 9.59 Å². The number of para-hydroxylation sites is 2. The molecule has 0 saturated carbocycles. The van der Waals surface area contributed by atoms with Gasteiger partial charge in [-0.1, -0.05) is 64.1 Å². The molecule has 2 aromatic rings. The minimum atomic E-state index is -0.509. The molecule has 0 saturated heterocycles. The van der Waals surface area contributed by atoms with Crippen LogP contribution >= 0.6 is 23.2 Å². The second-order valence-electron chi connectivity index (χ2n) is 8.05. The van der Waals surface area contributed by atoms with Crippen LogP contribution in [0.4, 0.5) is 11.4 Å². The minimum Gasteiger partial charge on any atom is -0.364 e. The van der Waals surface area contributed by atoms with Gasteiger partial charge in [0.2, 0.25) is 11.8 Å². The van der Waals surface area contributed by atoms with Crippen LogP contribution in [-0.2, 0) is 38.3 Å². The summed E-state index contributed by atoms with van der Waals surface area (Å²) in [5.74, 6) is -0.277. The Morgan fingerprint density at radius 1 is 0.806 bits per heavy atom. The van der Waals surface area contributed by atoms with Crippen molar-refractivity contribution in [2.24, 2.45) is 0 Å². The van der Waals surface area contributed by atoms with Gasteiger partial charge in [-0.3, -0.25) is 19.4 Å². The quantitative estimate of drug-likeness (QED) is 0.238. The number of halogens is 2. The first-order valence-corrected chi connectivity index (χ1v) is 13.3. The van der Waals surface area contributed by atoms with Crippen LogP contribution < -0.4 is 9.80 Å². The van der Waals surface area contributed by atoms with Crippen LogP contribution in [0, 0.1) is 0 Å². The molecule has 8 heteroatoms. The highest BCUT2D eigenvalue weighted by Crippen LogP contribution is 2.27. The maximum atomic E-state index is 12.2. The molecule has 0 N–H and O–H groups in total. The molecule has 6 nitrogen and oxygen atoms in total. The van der Waals surface area contributed by atoms with Gasteiger partial charge in [-0.2, -0.15) is 0 Å². The molecule has 0 aliphatic rings. The van der Waals surface area contributed by atoms with Gasteiger partial charge in [0, 0.05) is 19.9 Å². The fourth-order valence-corrected chi connectivity index (χ4v) is 4.08. The molecule has 0 spiro atoms. The number of methoxy groups -OCH3 is 2. The number of hydrogen-bond acceptors (Lipinski definition) is 4. The van der Waals surface area contributed by atoms with Crippen molar-refractivity contribution in [2.45, 2.75) is 58.8 Å². The molecule has 1 atom stereocenters. The van der Waals surface area contributed by atoms with Crippen LogP contribution in [0.5, 0.6) is 0 Å². The normalized spacial score (nSPS) is 11.3. The summed E-state index contributed by atoms with van der Waals surface area (Å²) in [6, 6.07) is 13.9. The molecular formula is C28H40Cl2N2O4. The van der Waals surface area contributed by atoms with Crippen molar-refractivity contribution in [1.82, 2.24) is 0 Å².